The van der Waals surface area contributed by atoms with Gasteiger partial charge in [-0.15, -0.1) is 0 Å². The Balaban J connectivity index is 1.22. The molecule has 1 unspecified atom stereocenters. The summed E-state index contributed by atoms with van der Waals surface area (Å²) in [4.78, 5) is 0. The quantitative estimate of drug-likeness (QED) is 0.119. The first kappa shape index (κ1) is 34.9. The molecule has 0 bridgehead atoms. The molecule has 0 amide bonds. The highest BCUT2D eigenvalue weighted by Gasteiger charge is 2.55. The largest absolute Gasteiger partial charge is 0.374 e. The molecule has 1 N–H and O–H groups in total. The third kappa shape index (κ3) is 8.70. The number of ether oxygens (including phenoxy) is 6. The van der Waals surface area contributed by atoms with Crippen molar-refractivity contribution in [3.8, 4) is 0 Å². The van der Waals surface area contributed by atoms with Gasteiger partial charge in [-0.2, -0.15) is 8.78 Å². The molecular weight excluding hydrogens is 652 g/mol. The standard InChI is InChI=1S/C42H41F2NO6/c43-42(44)34-23-13-14-24-35(34)45-41(42)51-40-39(49-28-33-21-11-4-12-22-33)38(48-27-32-19-9-3-10-20-32)37(47-26-31-17-7-2-8-18-31)36(50-40)29-46-25-30-15-5-1-6-16-30/h1-24,36-41,45H,25-29H2/t36-,37-,38+,39-,40-,41?/m1/s1. The normalized spacial score (nSPS) is 23.7. The highest BCUT2D eigenvalue weighted by Crippen LogP contribution is 2.45. The van der Waals surface area contributed by atoms with Crippen LogP contribution in [0.4, 0.5) is 14.5 Å². The molecule has 7 nitrogen and oxygen atoms in total. The molecule has 0 spiro atoms. The van der Waals surface area contributed by atoms with E-state index in [-0.39, 0.29) is 32.0 Å². The third-order valence-electron chi connectivity index (χ3n) is 9.01. The van der Waals surface area contributed by atoms with Gasteiger partial charge in [-0.25, -0.2) is 0 Å². The van der Waals surface area contributed by atoms with Crippen LogP contribution in [0.5, 0.6) is 0 Å². The maximum atomic E-state index is 15.9. The molecule has 6 atom stereocenters. The van der Waals surface area contributed by atoms with E-state index in [1.807, 2.05) is 121 Å². The first-order valence-corrected chi connectivity index (χ1v) is 17.2. The van der Waals surface area contributed by atoms with E-state index in [9.17, 15) is 0 Å². The van der Waals surface area contributed by atoms with Gasteiger partial charge < -0.3 is 33.7 Å². The summed E-state index contributed by atoms with van der Waals surface area (Å²) < 4.78 is 70.8. The molecule has 0 radical (unpaired) electrons. The lowest BCUT2D eigenvalue weighted by Crippen LogP contribution is -2.62. The number of anilines is 1. The van der Waals surface area contributed by atoms with E-state index in [1.54, 1.807) is 18.2 Å². The van der Waals surface area contributed by atoms with Crippen LogP contribution in [0.15, 0.2) is 146 Å². The summed E-state index contributed by atoms with van der Waals surface area (Å²) >= 11 is 0. The van der Waals surface area contributed by atoms with Gasteiger partial charge in [-0.3, -0.25) is 0 Å². The van der Waals surface area contributed by atoms with Crippen LogP contribution in [-0.2, 0) is 60.8 Å². The van der Waals surface area contributed by atoms with Crippen molar-refractivity contribution in [1.29, 1.82) is 0 Å². The van der Waals surface area contributed by atoms with Gasteiger partial charge in [0.2, 0.25) is 0 Å². The van der Waals surface area contributed by atoms with E-state index in [4.69, 9.17) is 28.4 Å². The van der Waals surface area contributed by atoms with Gasteiger partial charge in [0.25, 0.3) is 0 Å². The van der Waals surface area contributed by atoms with Gasteiger partial charge in [0.05, 0.1) is 33.0 Å². The molecule has 2 aliphatic heterocycles. The molecule has 2 heterocycles. The molecule has 2 aliphatic rings. The summed E-state index contributed by atoms with van der Waals surface area (Å²) in [7, 11) is 0. The van der Waals surface area contributed by atoms with Gasteiger partial charge in [0.15, 0.2) is 12.5 Å². The third-order valence-corrected chi connectivity index (χ3v) is 9.01. The van der Waals surface area contributed by atoms with Crippen LogP contribution >= 0.6 is 0 Å². The average molecular weight is 694 g/mol. The zero-order valence-corrected chi connectivity index (χ0v) is 28.1. The van der Waals surface area contributed by atoms with Crippen molar-refractivity contribution in [1.82, 2.24) is 0 Å². The van der Waals surface area contributed by atoms with Crippen LogP contribution in [0.2, 0.25) is 0 Å². The molecule has 5 aromatic carbocycles. The molecule has 51 heavy (non-hydrogen) atoms. The number of hydrogen-bond acceptors (Lipinski definition) is 7. The van der Waals surface area contributed by atoms with Crippen molar-refractivity contribution in [2.45, 2.75) is 69.3 Å². The molecule has 1 fully saturated rings. The van der Waals surface area contributed by atoms with Crippen molar-refractivity contribution >= 4 is 5.69 Å². The van der Waals surface area contributed by atoms with Crippen LogP contribution in [-0.4, -0.2) is 43.5 Å². The van der Waals surface area contributed by atoms with Crippen molar-refractivity contribution in [2.75, 3.05) is 11.9 Å². The Labute approximate surface area is 297 Å². The van der Waals surface area contributed by atoms with E-state index in [0.717, 1.165) is 22.3 Å². The SMILES string of the molecule is FC1(F)c2ccccc2NC1O[C@H]1O[C@H](COCc2ccccc2)[C@@H](OCc2ccccc2)[C@H](OCc2ccccc2)[C@H]1OCc1ccccc1. The topological polar surface area (TPSA) is 67.4 Å². The summed E-state index contributed by atoms with van der Waals surface area (Å²) in [5, 5.41) is 2.87. The van der Waals surface area contributed by atoms with E-state index in [0.29, 0.717) is 12.3 Å². The van der Waals surface area contributed by atoms with Crippen molar-refractivity contribution in [2.24, 2.45) is 0 Å². The Bertz CT molecular complexity index is 1780. The van der Waals surface area contributed by atoms with Crippen LogP contribution < -0.4 is 5.32 Å². The zero-order valence-electron chi connectivity index (χ0n) is 28.1. The van der Waals surface area contributed by atoms with Crippen LogP contribution in [0.1, 0.15) is 27.8 Å². The fourth-order valence-electron chi connectivity index (χ4n) is 6.38. The number of rotatable bonds is 15. The molecule has 0 aromatic heterocycles. The first-order chi connectivity index (χ1) is 25.0. The Hall–Kier alpha value is -4.48. The van der Waals surface area contributed by atoms with Crippen molar-refractivity contribution < 1.29 is 37.2 Å². The van der Waals surface area contributed by atoms with Crippen LogP contribution in [0.25, 0.3) is 0 Å². The van der Waals surface area contributed by atoms with Gasteiger partial charge in [-0.1, -0.05) is 140 Å². The zero-order chi connectivity index (χ0) is 34.9. The molecule has 0 saturated carbocycles. The predicted octanol–water partition coefficient (Wildman–Crippen LogP) is 8.24. The second-order valence-electron chi connectivity index (χ2n) is 12.7. The molecule has 1 saturated heterocycles. The minimum Gasteiger partial charge on any atom is -0.374 e. The highest BCUT2D eigenvalue weighted by atomic mass is 19.3. The highest BCUT2D eigenvalue weighted by molar-refractivity contribution is 5.59. The van der Waals surface area contributed by atoms with E-state index in [2.05, 4.69) is 5.32 Å². The molecule has 5 aromatic rings. The Kier molecular flexibility index (Phi) is 11.4. The molecule has 9 heteroatoms. The fraction of sp³-hybridized carbons (Fsp3) is 0.286. The van der Waals surface area contributed by atoms with Gasteiger partial charge in [0.1, 0.15) is 24.4 Å². The lowest BCUT2D eigenvalue weighted by molar-refractivity contribution is -0.345. The lowest BCUT2D eigenvalue weighted by atomic mass is 9.97. The second kappa shape index (κ2) is 16.7. The van der Waals surface area contributed by atoms with E-state index >= 15 is 8.78 Å². The summed E-state index contributed by atoms with van der Waals surface area (Å²) in [5.74, 6) is -3.34. The van der Waals surface area contributed by atoms with Crippen molar-refractivity contribution in [3.05, 3.63) is 173 Å². The van der Waals surface area contributed by atoms with Gasteiger partial charge >= 0.3 is 5.92 Å². The number of alkyl halides is 2. The number of nitrogens with one attached hydrogen (secondary N) is 1. The fourth-order valence-corrected chi connectivity index (χ4v) is 6.38. The summed E-state index contributed by atoms with van der Waals surface area (Å²) in [6.07, 6.45) is -6.27. The monoisotopic (exact) mass is 693 g/mol. The summed E-state index contributed by atoms with van der Waals surface area (Å²) in [6.45, 7) is 1.03. The summed E-state index contributed by atoms with van der Waals surface area (Å²) in [6, 6.07) is 45.2. The molecular formula is C42H41F2NO6. The summed E-state index contributed by atoms with van der Waals surface area (Å²) in [5.41, 5.74) is 3.92. The number of hydrogen-bond donors (Lipinski definition) is 1. The maximum absolute atomic E-state index is 15.9. The Morgan fingerprint density at radius 2 is 0.980 bits per heavy atom. The minimum atomic E-state index is -3.34. The first-order valence-electron chi connectivity index (χ1n) is 17.2. The van der Waals surface area contributed by atoms with Gasteiger partial charge in [0, 0.05) is 11.3 Å². The molecule has 7 rings (SSSR count). The minimum absolute atomic E-state index is 0.0829. The van der Waals surface area contributed by atoms with Crippen molar-refractivity contribution in [3.63, 3.8) is 0 Å². The lowest BCUT2D eigenvalue weighted by Gasteiger charge is -2.46. The van der Waals surface area contributed by atoms with Gasteiger partial charge in [-0.05, 0) is 28.3 Å². The number of fused-ring (bicyclic) bond motifs is 1. The number of halogens is 2. The maximum Gasteiger partial charge on any atom is 0.318 e. The smallest absolute Gasteiger partial charge is 0.318 e. The van der Waals surface area contributed by atoms with Crippen LogP contribution in [0, 0.1) is 0 Å². The van der Waals surface area contributed by atoms with E-state index in [1.165, 1.54) is 6.07 Å². The average Bonchev–Trinajstić information content (AvgIpc) is 3.43. The Morgan fingerprint density at radius 1 is 0.529 bits per heavy atom. The molecule has 0 aliphatic carbocycles. The number of benzene rings is 5. The number of para-hydroxylation sites is 1. The van der Waals surface area contributed by atoms with Crippen LogP contribution in [0.3, 0.4) is 0 Å². The van der Waals surface area contributed by atoms with E-state index < -0.39 is 42.9 Å². The Morgan fingerprint density at radius 3 is 1.51 bits per heavy atom. The molecule has 264 valence electrons. The predicted molar refractivity (Wildman–Crippen MR) is 189 cm³/mol. The second-order valence-corrected chi connectivity index (χ2v) is 12.7.